The highest BCUT2D eigenvalue weighted by molar-refractivity contribution is 5.18. The predicted molar refractivity (Wildman–Crippen MR) is 169 cm³/mol. The smallest absolute Gasteiger partial charge is 0.171 e. The van der Waals surface area contributed by atoms with Crippen LogP contribution in [0.25, 0.3) is 0 Å². The van der Waals surface area contributed by atoms with Crippen LogP contribution in [0.5, 0.6) is 0 Å². The van der Waals surface area contributed by atoms with E-state index in [1.807, 2.05) is 0 Å². The third-order valence-corrected chi connectivity index (χ3v) is 9.12. The summed E-state index contributed by atoms with van der Waals surface area (Å²) in [4.78, 5) is 1.70. The fraction of sp³-hybridized carbons (Fsp3) is 0.757. The lowest BCUT2D eigenvalue weighted by Gasteiger charge is -2.18. The van der Waals surface area contributed by atoms with Gasteiger partial charge in [-0.3, -0.25) is 0 Å². The van der Waals surface area contributed by atoms with Crippen LogP contribution in [0.3, 0.4) is 0 Å². The zero-order valence-corrected chi connectivity index (χ0v) is 25.8. The van der Waals surface area contributed by atoms with Crippen molar-refractivity contribution < 1.29 is 9.47 Å². The summed E-state index contributed by atoms with van der Waals surface area (Å²) in [6.45, 7) is 3.73. The molecule has 2 nitrogen and oxygen atoms in total. The van der Waals surface area contributed by atoms with Crippen LogP contribution in [-0.4, -0.2) is 13.1 Å². The number of hydrogen-bond donors (Lipinski definition) is 1. The Labute approximate surface area is 243 Å². The second kappa shape index (κ2) is 22.3. The molecule has 0 fully saturated rings. The predicted octanol–water partition coefficient (Wildman–Crippen LogP) is 9.23. The fourth-order valence-electron chi connectivity index (χ4n) is 6.59. The minimum atomic E-state index is 1.19. The SMILES string of the molecule is C1=CC2=C[NH+](C1)CCCCCCCCCCCCCCc1ccc[n+](c1)CCCCCCCCCCCCC2. The minimum Gasteiger partial charge on any atom is -0.305 e. The van der Waals surface area contributed by atoms with Crippen molar-refractivity contribution in [3.8, 4) is 0 Å². The molecule has 0 aromatic carbocycles. The number of rotatable bonds is 0. The van der Waals surface area contributed by atoms with Crippen LogP contribution in [0.2, 0.25) is 0 Å². The van der Waals surface area contributed by atoms with E-state index >= 15 is 0 Å². The topological polar surface area (TPSA) is 8.32 Å². The van der Waals surface area contributed by atoms with E-state index in [0.29, 0.717) is 0 Å². The molecule has 1 unspecified atom stereocenters. The van der Waals surface area contributed by atoms with Crippen LogP contribution < -0.4 is 9.47 Å². The van der Waals surface area contributed by atoms with Gasteiger partial charge in [0.05, 0.1) is 12.7 Å². The molecule has 1 N–H and O–H groups in total. The van der Waals surface area contributed by atoms with Crippen molar-refractivity contribution in [2.24, 2.45) is 0 Å². The fourth-order valence-corrected chi connectivity index (χ4v) is 6.59. The maximum absolute atomic E-state index is 2.56. The first kappa shape index (κ1) is 32.1. The lowest BCUT2D eigenvalue weighted by molar-refractivity contribution is -0.841. The minimum absolute atomic E-state index is 1.19. The summed E-state index contributed by atoms with van der Waals surface area (Å²) < 4.78 is 2.44. The van der Waals surface area contributed by atoms with E-state index in [2.05, 4.69) is 47.4 Å². The van der Waals surface area contributed by atoms with E-state index in [1.54, 1.807) is 10.5 Å². The molecule has 0 saturated heterocycles. The molecule has 39 heavy (non-hydrogen) atoms. The highest BCUT2D eigenvalue weighted by Gasteiger charge is 2.10. The highest BCUT2D eigenvalue weighted by atomic mass is 15.1. The highest BCUT2D eigenvalue weighted by Crippen LogP contribution is 2.16. The quantitative estimate of drug-likeness (QED) is 0.316. The van der Waals surface area contributed by atoms with E-state index < -0.39 is 0 Å². The number of nitrogens with zero attached hydrogens (tertiary/aromatic N) is 1. The van der Waals surface area contributed by atoms with Gasteiger partial charge in [-0.05, 0) is 57.1 Å². The van der Waals surface area contributed by atoms with Gasteiger partial charge in [-0.25, -0.2) is 4.57 Å². The monoisotopic (exact) mass is 537 g/mol. The van der Waals surface area contributed by atoms with Crippen molar-refractivity contribution in [1.29, 1.82) is 0 Å². The molecular weight excluding hydrogens is 472 g/mol. The van der Waals surface area contributed by atoms with E-state index in [1.165, 1.54) is 186 Å². The molecular formula is C37H64N2+2. The van der Waals surface area contributed by atoms with Crippen LogP contribution in [0, 0.1) is 0 Å². The average molecular weight is 537 g/mol. The van der Waals surface area contributed by atoms with E-state index in [-0.39, 0.29) is 0 Å². The molecule has 0 radical (unpaired) electrons. The summed E-state index contributed by atoms with van der Waals surface area (Å²) >= 11 is 0. The maximum Gasteiger partial charge on any atom is 0.171 e. The zero-order chi connectivity index (χ0) is 27.1. The van der Waals surface area contributed by atoms with Crippen molar-refractivity contribution in [3.63, 3.8) is 0 Å². The first-order valence-electron chi connectivity index (χ1n) is 17.6. The van der Waals surface area contributed by atoms with Gasteiger partial charge in [-0.15, -0.1) is 0 Å². The summed E-state index contributed by atoms with van der Waals surface area (Å²) in [6, 6.07) is 4.60. The van der Waals surface area contributed by atoms with E-state index in [0.717, 1.165) is 0 Å². The Hall–Kier alpha value is -1.41. The van der Waals surface area contributed by atoms with E-state index in [9.17, 15) is 0 Å². The van der Waals surface area contributed by atoms with Crippen molar-refractivity contribution in [2.75, 3.05) is 13.1 Å². The largest absolute Gasteiger partial charge is 0.305 e. The zero-order valence-electron chi connectivity index (χ0n) is 25.8. The van der Waals surface area contributed by atoms with Gasteiger partial charge in [0.1, 0.15) is 13.1 Å². The second-order valence-corrected chi connectivity index (χ2v) is 12.8. The van der Waals surface area contributed by atoms with Gasteiger partial charge in [0, 0.05) is 23.6 Å². The first-order chi connectivity index (χ1) is 19.4. The Morgan fingerprint density at radius 2 is 1.05 bits per heavy atom. The van der Waals surface area contributed by atoms with Gasteiger partial charge >= 0.3 is 0 Å². The number of quaternary nitrogens is 1. The molecule has 0 aliphatic carbocycles. The van der Waals surface area contributed by atoms with Gasteiger partial charge < -0.3 is 4.90 Å². The molecule has 3 heterocycles. The van der Waals surface area contributed by atoms with Crippen molar-refractivity contribution in [3.05, 3.63) is 54.0 Å². The Balaban J connectivity index is 1.32. The van der Waals surface area contributed by atoms with Gasteiger partial charge in [0.15, 0.2) is 12.4 Å². The Morgan fingerprint density at radius 1 is 0.538 bits per heavy atom. The van der Waals surface area contributed by atoms with Crippen molar-refractivity contribution >= 4 is 0 Å². The standard InChI is InChI=1S/C37H63N2/c1-2-6-10-14-18-22-30-38-32-25-29-37(35-38)27-21-17-13-9-5-3-7-11-15-19-23-31-39-33-24-28-36(34-39)26-20-16-12-8-4-1/h24-25,28-29,33-35H,1-23,26-27,30-32H2/q+1/p+1. The van der Waals surface area contributed by atoms with Gasteiger partial charge in [-0.1, -0.05) is 115 Å². The molecule has 3 rings (SSSR count). The first-order valence-corrected chi connectivity index (χ1v) is 17.6. The number of fused-ring (bicyclic) bond motifs is 3. The molecule has 0 saturated carbocycles. The van der Waals surface area contributed by atoms with Gasteiger partial charge in [-0.2, -0.15) is 0 Å². The molecule has 1 aromatic rings. The van der Waals surface area contributed by atoms with Crippen LogP contribution in [-0.2, 0) is 13.0 Å². The van der Waals surface area contributed by atoms with Crippen LogP contribution in [0.1, 0.15) is 160 Å². The average Bonchev–Trinajstić information content (AvgIpc) is 2.95. The number of allylic oxidation sites excluding steroid dienone is 2. The van der Waals surface area contributed by atoms with Crippen molar-refractivity contribution in [1.82, 2.24) is 0 Å². The Kier molecular flexibility index (Phi) is 18.4. The Bertz CT molecular complexity index is 779. The van der Waals surface area contributed by atoms with Crippen LogP contribution in [0.15, 0.2) is 48.5 Å². The lowest BCUT2D eigenvalue weighted by Crippen LogP contribution is -3.07. The summed E-state index contributed by atoms with van der Waals surface area (Å²) in [5, 5.41) is 0. The Morgan fingerprint density at radius 3 is 1.67 bits per heavy atom. The molecule has 2 heteroatoms. The van der Waals surface area contributed by atoms with Gasteiger partial charge in [0.2, 0.25) is 0 Å². The number of pyridine rings is 1. The second-order valence-electron chi connectivity index (χ2n) is 12.8. The third-order valence-electron chi connectivity index (χ3n) is 9.12. The number of aromatic nitrogens is 1. The molecule has 2 aliphatic rings. The molecule has 1 aromatic heterocycles. The number of hydrogen-bond acceptors (Lipinski definition) is 0. The van der Waals surface area contributed by atoms with Crippen LogP contribution >= 0.6 is 0 Å². The molecule has 4 bridgehead atoms. The van der Waals surface area contributed by atoms with Gasteiger partial charge in [0.25, 0.3) is 0 Å². The molecule has 1 atom stereocenters. The third kappa shape index (κ3) is 16.4. The number of nitrogens with one attached hydrogen (secondary N) is 1. The van der Waals surface area contributed by atoms with Crippen molar-refractivity contribution in [2.45, 2.75) is 167 Å². The molecule has 0 amide bonds. The lowest BCUT2D eigenvalue weighted by atomic mass is 10.0. The molecule has 2 aliphatic heterocycles. The van der Waals surface area contributed by atoms with Crippen LogP contribution in [0.4, 0.5) is 0 Å². The summed E-state index contributed by atoms with van der Waals surface area (Å²) in [6.07, 6.45) is 47.4. The normalized spacial score (nSPS) is 23.9. The molecule has 0 spiro atoms. The van der Waals surface area contributed by atoms with E-state index in [4.69, 9.17) is 0 Å². The number of aryl methyl sites for hydroxylation is 2. The summed E-state index contributed by atoms with van der Waals surface area (Å²) in [7, 11) is 0. The maximum atomic E-state index is 2.56. The summed E-state index contributed by atoms with van der Waals surface area (Å²) in [5.41, 5.74) is 3.14. The summed E-state index contributed by atoms with van der Waals surface area (Å²) in [5.74, 6) is 0. The molecule has 220 valence electrons.